The van der Waals surface area contributed by atoms with Crippen molar-refractivity contribution >= 4 is 0 Å². The maximum atomic E-state index is 2.71. The smallest absolute Gasteiger partial charge is 0.00987 e. The fourth-order valence-electron chi connectivity index (χ4n) is 5.79. The molecule has 0 radical (unpaired) electrons. The number of fused-ring (bicyclic) bond motifs is 2. The lowest BCUT2D eigenvalue weighted by atomic mass is 9.64. The highest BCUT2D eigenvalue weighted by molar-refractivity contribution is 4.93. The molecule has 2 bridgehead atoms. The van der Waals surface area contributed by atoms with Crippen LogP contribution in [0.5, 0.6) is 0 Å². The Hall–Kier alpha value is -0.0800. The van der Waals surface area contributed by atoms with Gasteiger partial charge in [-0.1, -0.05) is 34.1 Å². The first-order valence-corrected chi connectivity index (χ1v) is 10.9. The second kappa shape index (κ2) is 8.08. The predicted octanol–water partition coefficient (Wildman–Crippen LogP) is 5.04. The predicted molar refractivity (Wildman–Crippen MR) is 104 cm³/mol. The Bertz CT molecular complexity index is 385. The number of piperidine rings is 2. The van der Waals surface area contributed by atoms with Gasteiger partial charge in [-0.25, -0.2) is 0 Å². The summed E-state index contributed by atoms with van der Waals surface area (Å²) in [5, 5.41) is 0. The van der Waals surface area contributed by atoms with E-state index in [1.54, 1.807) is 0 Å². The molecule has 1 spiro atoms. The zero-order chi connectivity index (χ0) is 17.2. The first-order chi connectivity index (χ1) is 11.5. The Morgan fingerprint density at radius 1 is 0.917 bits per heavy atom. The molecule has 2 nitrogen and oxygen atoms in total. The molecule has 0 aromatic rings. The van der Waals surface area contributed by atoms with Crippen LogP contribution in [0.2, 0.25) is 0 Å². The van der Waals surface area contributed by atoms with Crippen molar-refractivity contribution in [3.8, 4) is 0 Å². The SMILES string of the molecule is CC(C)CN1CC2CCC1C2.CC(C)CN1CCCC2(CCC2)C1. The molecular formula is C22H42N2. The third-order valence-corrected chi connectivity index (χ3v) is 6.90. The Morgan fingerprint density at radius 3 is 2.12 bits per heavy atom. The van der Waals surface area contributed by atoms with Crippen LogP contribution in [-0.4, -0.2) is 48.6 Å². The number of hydrogen-bond donors (Lipinski definition) is 0. The molecule has 140 valence electrons. The summed E-state index contributed by atoms with van der Waals surface area (Å²) in [5.74, 6) is 2.77. The molecule has 2 heteroatoms. The van der Waals surface area contributed by atoms with Crippen LogP contribution in [0, 0.1) is 23.2 Å². The highest BCUT2D eigenvalue weighted by Crippen LogP contribution is 2.47. The minimum absolute atomic E-state index is 0.785. The largest absolute Gasteiger partial charge is 0.303 e. The van der Waals surface area contributed by atoms with Gasteiger partial charge in [0.15, 0.2) is 0 Å². The Labute approximate surface area is 151 Å². The van der Waals surface area contributed by atoms with Crippen LogP contribution in [0.1, 0.15) is 79.1 Å². The van der Waals surface area contributed by atoms with Crippen LogP contribution in [0.25, 0.3) is 0 Å². The van der Waals surface area contributed by atoms with Gasteiger partial charge in [-0.15, -0.1) is 0 Å². The third kappa shape index (κ3) is 4.75. The Kier molecular flexibility index (Phi) is 6.30. The second-order valence-corrected chi connectivity index (χ2v) is 10.3. The summed E-state index contributed by atoms with van der Waals surface area (Å²) >= 11 is 0. The fourth-order valence-corrected chi connectivity index (χ4v) is 5.79. The maximum Gasteiger partial charge on any atom is 0.00987 e. The minimum atomic E-state index is 0.785. The summed E-state index contributed by atoms with van der Waals surface area (Å²) in [6, 6.07) is 0.974. The summed E-state index contributed by atoms with van der Waals surface area (Å²) in [5.41, 5.74) is 0.785. The number of hydrogen-bond acceptors (Lipinski definition) is 2. The van der Waals surface area contributed by atoms with Gasteiger partial charge in [0, 0.05) is 32.2 Å². The number of nitrogens with zero attached hydrogens (tertiary/aromatic N) is 2. The normalized spacial score (nSPS) is 32.2. The van der Waals surface area contributed by atoms with Crippen LogP contribution in [0.15, 0.2) is 0 Å². The number of rotatable bonds is 4. The lowest BCUT2D eigenvalue weighted by Crippen LogP contribution is -2.47. The lowest BCUT2D eigenvalue weighted by Gasteiger charge is -2.49. The topological polar surface area (TPSA) is 6.48 Å². The summed E-state index contributed by atoms with van der Waals surface area (Å²) in [6.45, 7) is 16.2. The van der Waals surface area contributed by atoms with Crippen molar-refractivity contribution < 1.29 is 0 Å². The third-order valence-electron chi connectivity index (χ3n) is 6.90. The zero-order valence-corrected chi connectivity index (χ0v) is 16.9. The molecule has 0 amide bonds. The van der Waals surface area contributed by atoms with Crippen molar-refractivity contribution in [2.24, 2.45) is 23.2 Å². The Morgan fingerprint density at radius 2 is 1.62 bits per heavy atom. The first kappa shape index (κ1) is 18.7. The highest BCUT2D eigenvalue weighted by atomic mass is 15.2. The molecule has 2 saturated carbocycles. The molecular weight excluding hydrogens is 292 g/mol. The molecule has 4 aliphatic rings. The van der Waals surface area contributed by atoms with E-state index in [2.05, 4.69) is 37.5 Å². The van der Waals surface area contributed by atoms with Gasteiger partial charge in [0.1, 0.15) is 0 Å². The van der Waals surface area contributed by atoms with E-state index in [1.807, 2.05) is 0 Å². The quantitative estimate of drug-likeness (QED) is 0.711. The van der Waals surface area contributed by atoms with E-state index in [0.29, 0.717) is 0 Å². The maximum absolute atomic E-state index is 2.71. The molecule has 0 aromatic carbocycles. The van der Waals surface area contributed by atoms with Gasteiger partial charge in [-0.3, -0.25) is 4.90 Å². The molecule has 2 heterocycles. The van der Waals surface area contributed by atoms with Crippen molar-refractivity contribution in [2.45, 2.75) is 85.1 Å². The van der Waals surface area contributed by atoms with Gasteiger partial charge in [0.05, 0.1) is 0 Å². The summed E-state index contributed by atoms with van der Waals surface area (Å²) in [7, 11) is 0. The molecule has 2 aliphatic heterocycles. The average molecular weight is 335 g/mol. The standard InChI is InChI=1S/C12H23N.C10H19N/c1-11(2)9-13-8-4-7-12(10-13)5-3-6-12;1-8(2)6-11-7-9-3-4-10(11)5-9/h11H,3-10H2,1-2H3;8-10H,3-7H2,1-2H3. The molecule has 2 atom stereocenters. The van der Waals surface area contributed by atoms with Crippen molar-refractivity contribution in [3.05, 3.63) is 0 Å². The van der Waals surface area contributed by atoms with E-state index < -0.39 is 0 Å². The molecule has 24 heavy (non-hydrogen) atoms. The fraction of sp³-hybridized carbons (Fsp3) is 1.00. The molecule has 0 aromatic heterocycles. The van der Waals surface area contributed by atoms with Crippen molar-refractivity contribution in [3.63, 3.8) is 0 Å². The monoisotopic (exact) mass is 334 g/mol. The van der Waals surface area contributed by atoms with E-state index in [4.69, 9.17) is 0 Å². The van der Waals surface area contributed by atoms with Gasteiger partial charge in [-0.05, 0) is 74.7 Å². The van der Waals surface area contributed by atoms with Gasteiger partial charge >= 0.3 is 0 Å². The van der Waals surface area contributed by atoms with Crippen LogP contribution in [0.4, 0.5) is 0 Å². The van der Waals surface area contributed by atoms with Gasteiger partial charge in [-0.2, -0.15) is 0 Å². The zero-order valence-electron chi connectivity index (χ0n) is 16.9. The van der Waals surface area contributed by atoms with E-state index in [0.717, 1.165) is 29.2 Å². The molecule has 4 fully saturated rings. The van der Waals surface area contributed by atoms with E-state index >= 15 is 0 Å². The second-order valence-electron chi connectivity index (χ2n) is 10.3. The first-order valence-electron chi connectivity index (χ1n) is 10.9. The van der Waals surface area contributed by atoms with E-state index in [9.17, 15) is 0 Å². The van der Waals surface area contributed by atoms with E-state index in [1.165, 1.54) is 84.1 Å². The number of likely N-dealkylation sites (tertiary alicyclic amines) is 2. The minimum Gasteiger partial charge on any atom is -0.303 e. The van der Waals surface area contributed by atoms with E-state index in [-0.39, 0.29) is 0 Å². The van der Waals surface area contributed by atoms with Crippen molar-refractivity contribution in [2.75, 3.05) is 32.7 Å². The average Bonchev–Trinajstić information content (AvgIpc) is 3.08. The van der Waals surface area contributed by atoms with Crippen LogP contribution < -0.4 is 0 Å². The summed E-state index contributed by atoms with van der Waals surface area (Å²) < 4.78 is 0. The molecule has 0 N–H and O–H groups in total. The van der Waals surface area contributed by atoms with Crippen LogP contribution in [0.3, 0.4) is 0 Å². The summed E-state index contributed by atoms with van der Waals surface area (Å²) in [6.07, 6.45) is 12.0. The summed E-state index contributed by atoms with van der Waals surface area (Å²) in [4.78, 5) is 5.41. The van der Waals surface area contributed by atoms with Gasteiger partial charge in [0.25, 0.3) is 0 Å². The highest BCUT2D eigenvalue weighted by Gasteiger charge is 2.40. The van der Waals surface area contributed by atoms with Crippen LogP contribution in [-0.2, 0) is 0 Å². The Balaban J connectivity index is 0.000000143. The van der Waals surface area contributed by atoms with Crippen molar-refractivity contribution in [1.29, 1.82) is 0 Å². The lowest BCUT2D eigenvalue weighted by molar-refractivity contribution is 0.0155. The van der Waals surface area contributed by atoms with Crippen LogP contribution >= 0.6 is 0 Å². The molecule has 2 unspecified atom stereocenters. The van der Waals surface area contributed by atoms with Crippen molar-refractivity contribution in [1.82, 2.24) is 9.80 Å². The molecule has 4 rings (SSSR count). The molecule has 2 saturated heterocycles. The van der Waals surface area contributed by atoms with Gasteiger partial charge in [0.2, 0.25) is 0 Å². The molecule has 2 aliphatic carbocycles. The van der Waals surface area contributed by atoms with Gasteiger partial charge < -0.3 is 4.90 Å².